The lowest BCUT2D eigenvalue weighted by atomic mass is 9.93. The Labute approximate surface area is 227 Å². The summed E-state index contributed by atoms with van der Waals surface area (Å²) in [5.74, 6) is -2.17. The van der Waals surface area contributed by atoms with Gasteiger partial charge in [-0.15, -0.1) is 13.2 Å². The van der Waals surface area contributed by atoms with Gasteiger partial charge in [0.15, 0.2) is 0 Å². The molecule has 6 nitrogen and oxygen atoms in total. The predicted octanol–water partition coefficient (Wildman–Crippen LogP) is 6.13. The van der Waals surface area contributed by atoms with Gasteiger partial charge >= 0.3 is 6.36 Å². The highest BCUT2D eigenvalue weighted by atomic mass is 35.5. The number of alkyl halides is 3. The molecule has 1 aliphatic carbocycles. The van der Waals surface area contributed by atoms with Crippen molar-refractivity contribution in [1.82, 2.24) is 15.2 Å². The fraction of sp³-hybridized carbons (Fsp3) is 0.321. The van der Waals surface area contributed by atoms with Crippen molar-refractivity contribution in [1.29, 1.82) is 0 Å². The van der Waals surface area contributed by atoms with Crippen LogP contribution >= 0.6 is 11.6 Å². The van der Waals surface area contributed by atoms with E-state index in [1.807, 2.05) is 0 Å². The van der Waals surface area contributed by atoms with E-state index >= 15 is 0 Å². The molecule has 1 heterocycles. The Balaban J connectivity index is 1.32. The number of halogens is 5. The number of ether oxygens (including phenoxy) is 1. The van der Waals surface area contributed by atoms with E-state index < -0.39 is 24.0 Å². The van der Waals surface area contributed by atoms with Gasteiger partial charge in [0.1, 0.15) is 11.6 Å². The first-order valence-electron chi connectivity index (χ1n) is 12.3. The van der Waals surface area contributed by atoms with Gasteiger partial charge in [0.05, 0.1) is 17.3 Å². The number of nitrogens with zero attached hydrogens (tertiary/aromatic N) is 2. The van der Waals surface area contributed by atoms with Crippen LogP contribution in [0.4, 0.5) is 17.6 Å². The second kappa shape index (κ2) is 12.0. The highest BCUT2D eigenvalue weighted by Crippen LogP contribution is 2.34. The van der Waals surface area contributed by atoms with E-state index in [1.165, 1.54) is 36.4 Å². The molecule has 1 aromatic heterocycles. The number of amides is 2. The quantitative estimate of drug-likeness (QED) is 0.335. The van der Waals surface area contributed by atoms with E-state index in [2.05, 4.69) is 15.0 Å². The first kappa shape index (κ1) is 28.4. The maximum Gasteiger partial charge on any atom is 0.573 e. The molecular weight excluding hydrogens is 538 g/mol. The van der Waals surface area contributed by atoms with E-state index in [4.69, 9.17) is 11.6 Å². The third kappa shape index (κ3) is 7.47. The lowest BCUT2D eigenvalue weighted by Gasteiger charge is -2.24. The number of hydrogen-bond acceptors (Lipinski definition) is 4. The van der Waals surface area contributed by atoms with Crippen molar-refractivity contribution in [3.8, 4) is 16.9 Å². The van der Waals surface area contributed by atoms with Crippen molar-refractivity contribution in [3.05, 3.63) is 82.9 Å². The Morgan fingerprint density at radius 1 is 1.08 bits per heavy atom. The standard InChI is InChI=1S/C28H26ClF4N3O3/c1-36(16-20-9-7-18(15-34-20)22-12-8-19(30)13-25(22)29)27(38)24-4-2-3-23(24)26(37)35-14-17-5-10-21(11-6-17)39-28(31,32)33/h5-13,15,23-24H,2-4,14,16H2,1H3,(H,35,37)/t23-,24?/m1/s1. The molecule has 11 heteroatoms. The van der Waals surface area contributed by atoms with Crippen molar-refractivity contribution in [2.45, 2.75) is 38.7 Å². The SMILES string of the molecule is CN(Cc1ccc(-c2ccc(F)cc2Cl)cn1)C(=O)C1CCC[C@H]1C(=O)NCc1ccc(OC(F)(F)F)cc1. The molecule has 0 aliphatic heterocycles. The molecule has 1 unspecified atom stereocenters. The second-order valence-corrected chi connectivity index (χ2v) is 9.82. The molecule has 1 N–H and O–H groups in total. The highest BCUT2D eigenvalue weighted by Gasteiger charge is 2.39. The van der Waals surface area contributed by atoms with Gasteiger partial charge in [-0.2, -0.15) is 0 Å². The molecule has 39 heavy (non-hydrogen) atoms. The molecule has 2 atom stereocenters. The van der Waals surface area contributed by atoms with Gasteiger partial charge in [0.2, 0.25) is 11.8 Å². The molecule has 1 fully saturated rings. The number of carbonyl (C=O) groups excluding carboxylic acids is 2. The van der Waals surface area contributed by atoms with Gasteiger partial charge in [0, 0.05) is 42.8 Å². The maximum absolute atomic E-state index is 13.3. The molecule has 4 rings (SSSR count). The molecule has 3 aromatic rings. The molecule has 206 valence electrons. The van der Waals surface area contributed by atoms with Gasteiger partial charge in [-0.1, -0.05) is 36.2 Å². The topological polar surface area (TPSA) is 71.5 Å². The van der Waals surface area contributed by atoms with Gasteiger partial charge in [-0.25, -0.2) is 4.39 Å². The molecule has 0 spiro atoms. The molecule has 0 bridgehead atoms. The summed E-state index contributed by atoms with van der Waals surface area (Å²) in [6.07, 6.45) is -1.28. The zero-order chi connectivity index (χ0) is 28.2. The first-order valence-corrected chi connectivity index (χ1v) is 12.7. The number of pyridine rings is 1. The van der Waals surface area contributed by atoms with Crippen LogP contribution in [0.2, 0.25) is 5.02 Å². The van der Waals surface area contributed by atoms with Gasteiger partial charge in [-0.05, 0) is 54.8 Å². The molecule has 0 saturated heterocycles. The number of hydrogen-bond donors (Lipinski definition) is 1. The molecule has 2 aromatic carbocycles. The summed E-state index contributed by atoms with van der Waals surface area (Å²) < 4.78 is 54.2. The fourth-order valence-electron chi connectivity index (χ4n) is 4.70. The van der Waals surface area contributed by atoms with Crippen LogP contribution < -0.4 is 10.1 Å². The van der Waals surface area contributed by atoms with E-state index in [1.54, 1.807) is 36.3 Å². The van der Waals surface area contributed by atoms with Crippen LogP contribution in [0.5, 0.6) is 5.75 Å². The Kier molecular flexibility index (Phi) is 8.74. The minimum absolute atomic E-state index is 0.118. The zero-order valence-corrected chi connectivity index (χ0v) is 21.7. The van der Waals surface area contributed by atoms with Crippen LogP contribution in [0.1, 0.15) is 30.5 Å². The molecule has 1 saturated carbocycles. The van der Waals surface area contributed by atoms with E-state index in [0.717, 1.165) is 6.42 Å². The average Bonchev–Trinajstić information content (AvgIpc) is 3.37. The smallest absolute Gasteiger partial charge is 0.406 e. The van der Waals surface area contributed by atoms with E-state index in [9.17, 15) is 27.2 Å². The van der Waals surface area contributed by atoms with Crippen molar-refractivity contribution in [2.24, 2.45) is 11.8 Å². The Hall–Kier alpha value is -3.66. The van der Waals surface area contributed by atoms with Crippen LogP contribution in [0, 0.1) is 17.7 Å². The van der Waals surface area contributed by atoms with Crippen LogP contribution in [0.3, 0.4) is 0 Å². The number of benzene rings is 2. The monoisotopic (exact) mass is 563 g/mol. The number of aromatic nitrogens is 1. The summed E-state index contributed by atoms with van der Waals surface area (Å²) in [4.78, 5) is 32.1. The zero-order valence-electron chi connectivity index (χ0n) is 21.0. The van der Waals surface area contributed by atoms with Crippen LogP contribution in [0.15, 0.2) is 60.8 Å². The Bertz CT molecular complexity index is 1320. The minimum Gasteiger partial charge on any atom is -0.406 e. The van der Waals surface area contributed by atoms with Crippen molar-refractivity contribution >= 4 is 23.4 Å². The van der Waals surface area contributed by atoms with Gasteiger partial charge in [-0.3, -0.25) is 14.6 Å². The van der Waals surface area contributed by atoms with Gasteiger partial charge in [0.25, 0.3) is 0 Å². The predicted molar refractivity (Wildman–Crippen MR) is 137 cm³/mol. The summed E-state index contributed by atoms with van der Waals surface area (Å²) >= 11 is 6.13. The number of rotatable bonds is 8. The van der Waals surface area contributed by atoms with E-state index in [-0.39, 0.29) is 35.7 Å². The largest absolute Gasteiger partial charge is 0.573 e. The maximum atomic E-state index is 13.3. The minimum atomic E-state index is -4.77. The van der Waals surface area contributed by atoms with Crippen molar-refractivity contribution < 1.29 is 31.9 Å². The van der Waals surface area contributed by atoms with Crippen molar-refractivity contribution in [2.75, 3.05) is 7.05 Å². The summed E-state index contributed by atoms with van der Waals surface area (Å²) in [6.45, 7) is 0.361. The highest BCUT2D eigenvalue weighted by molar-refractivity contribution is 6.33. The molecule has 1 aliphatic rings. The van der Waals surface area contributed by atoms with Crippen LogP contribution in [0.25, 0.3) is 11.1 Å². The van der Waals surface area contributed by atoms with Crippen LogP contribution in [-0.4, -0.2) is 35.1 Å². The first-order chi connectivity index (χ1) is 18.5. The lowest BCUT2D eigenvalue weighted by molar-refractivity contribution is -0.274. The normalized spacial score (nSPS) is 17.1. The van der Waals surface area contributed by atoms with Gasteiger partial charge < -0.3 is 15.0 Å². The van der Waals surface area contributed by atoms with Crippen molar-refractivity contribution in [3.63, 3.8) is 0 Å². The summed E-state index contributed by atoms with van der Waals surface area (Å²) in [7, 11) is 1.66. The molecule has 2 amide bonds. The molecule has 0 radical (unpaired) electrons. The summed E-state index contributed by atoms with van der Waals surface area (Å²) in [6, 6.07) is 12.9. The lowest BCUT2D eigenvalue weighted by Crippen LogP contribution is -2.40. The number of carbonyl (C=O) groups is 2. The fourth-order valence-corrected chi connectivity index (χ4v) is 4.98. The third-order valence-corrected chi connectivity index (χ3v) is 6.95. The number of nitrogens with one attached hydrogen (secondary N) is 1. The summed E-state index contributed by atoms with van der Waals surface area (Å²) in [5, 5.41) is 3.07. The second-order valence-electron chi connectivity index (χ2n) is 9.41. The van der Waals surface area contributed by atoms with E-state index in [0.29, 0.717) is 35.2 Å². The Morgan fingerprint density at radius 2 is 1.79 bits per heavy atom. The average molecular weight is 564 g/mol. The molecular formula is C28H26ClF4N3O3. The Morgan fingerprint density at radius 3 is 2.44 bits per heavy atom. The van der Waals surface area contributed by atoms with Crippen LogP contribution in [-0.2, 0) is 22.7 Å². The summed E-state index contributed by atoms with van der Waals surface area (Å²) in [5.41, 5.74) is 2.61. The third-order valence-electron chi connectivity index (χ3n) is 6.64.